The number of halogens is 4. The normalized spacial score (nSPS) is 19.0. The number of carbonyl (C=O) groups is 3. The van der Waals surface area contributed by atoms with Crippen LogP contribution >= 0.6 is 0 Å². The van der Waals surface area contributed by atoms with E-state index >= 15 is 0 Å². The van der Waals surface area contributed by atoms with Crippen LogP contribution in [0.15, 0.2) is 30.3 Å². The molecule has 188 valence electrons. The van der Waals surface area contributed by atoms with Crippen molar-refractivity contribution < 1.29 is 31.9 Å². The van der Waals surface area contributed by atoms with E-state index in [1.165, 1.54) is 4.90 Å². The summed E-state index contributed by atoms with van der Waals surface area (Å²) in [4.78, 5) is 44.9. The van der Waals surface area contributed by atoms with Gasteiger partial charge in [-0.05, 0) is 42.7 Å². The zero-order chi connectivity index (χ0) is 25.8. The Balaban J connectivity index is 1.32. The van der Waals surface area contributed by atoms with Gasteiger partial charge in [-0.3, -0.25) is 19.7 Å². The standard InChI is InChI=1S/C24H21F4N5O3/c1-11(25)15-7-17-18(8-16(15)24(26,27)28)31-23(30-17)29-9-12-2-3-14-13(6-12)10-33(22(14)36)19-4-5-20(34)32-21(19)35/h2-3,6-8,11,19H,4-5,9-10H2,1H3,(H2,29,30,31)(H,32,34,35). The molecule has 0 spiro atoms. The average molecular weight is 503 g/mol. The molecule has 2 aliphatic rings. The van der Waals surface area contributed by atoms with Crippen molar-refractivity contribution >= 4 is 34.7 Å². The number of fused-ring (bicyclic) bond motifs is 2. The van der Waals surface area contributed by atoms with Gasteiger partial charge in [-0.2, -0.15) is 13.2 Å². The van der Waals surface area contributed by atoms with Crippen molar-refractivity contribution in [1.29, 1.82) is 0 Å². The van der Waals surface area contributed by atoms with E-state index in [0.717, 1.165) is 30.2 Å². The van der Waals surface area contributed by atoms with Crippen LogP contribution in [-0.4, -0.2) is 38.6 Å². The number of hydrogen-bond acceptors (Lipinski definition) is 5. The summed E-state index contributed by atoms with van der Waals surface area (Å²) in [6, 6.07) is 6.42. The molecule has 2 aromatic carbocycles. The fourth-order valence-corrected chi connectivity index (χ4v) is 4.66. The van der Waals surface area contributed by atoms with E-state index in [-0.39, 0.29) is 54.7 Å². The van der Waals surface area contributed by atoms with Crippen molar-refractivity contribution in [2.24, 2.45) is 0 Å². The lowest BCUT2D eigenvalue weighted by molar-refractivity contribution is -0.139. The summed E-state index contributed by atoms with van der Waals surface area (Å²) in [5, 5.41) is 5.26. The first-order valence-corrected chi connectivity index (χ1v) is 11.3. The number of imidazole rings is 1. The van der Waals surface area contributed by atoms with E-state index in [1.54, 1.807) is 18.2 Å². The Hall–Kier alpha value is -3.96. The molecule has 36 heavy (non-hydrogen) atoms. The number of aromatic amines is 1. The molecular weight excluding hydrogens is 482 g/mol. The molecule has 3 aromatic rings. The highest BCUT2D eigenvalue weighted by Crippen LogP contribution is 2.38. The first-order valence-electron chi connectivity index (χ1n) is 11.3. The Bertz CT molecular complexity index is 1400. The summed E-state index contributed by atoms with van der Waals surface area (Å²) in [6.07, 6.45) is -6.08. The van der Waals surface area contributed by atoms with Crippen LogP contribution in [0.2, 0.25) is 0 Å². The fourth-order valence-electron chi connectivity index (χ4n) is 4.66. The molecule has 0 saturated carbocycles. The number of amides is 3. The molecule has 0 aliphatic carbocycles. The van der Waals surface area contributed by atoms with Crippen LogP contribution in [0, 0.1) is 0 Å². The third-order valence-electron chi connectivity index (χ3n) is 6.44. The van der Waals surface area contributed by atoms with Crippen LogP contribution in [0.3, 0.4) is 0 Å². The van der Waals surface area contributed by atoms with Gasteiger partial charge in [0.1, 0.15) is 12.2 Å². The molecule has 12 heteroatoms. The van der Waals surface area contributed by atoms with Crippen LogP contribution in [0.1, 0.15) is 58.5 Å². The second kappa shape index (κ2) is 8.61. The zero-order valence-electron chi connectivity index (χ0n) is 19.0. The van der Waals surface area contributed by atoms with E-state index in [9.17, 15) is 31.9 Å². The molecule has 1 saturated heterocycles. The maximum atomic E-state index is 13.8. The van der Waals surface area contributed by atoms with Crippen LogP contribution < -0.4 is 10.6 Å². The third-order valence-corrected chi connectivity index (χ3v) is 6.44. The van der Waals surface area contributed by atoms with Gasteiger partial charge in [-0.25, -0.2) is 9.37 Å². The third kappa shape index (κ3) is 4.27. The van der Waals surface area contributed by atoms with E-state index < -0.39 is 35.4 Å². The lowest BCUT2D eigenvalue weighted by atomic mass is 10.0. The van der Waals surface area contributed by atoms with Gasteiger partial charge in [0.2, 0.25) is 17.8 Å². The average Bonchev–Trinajstić information content (AvgIpc) is 3.36. The van der Waals surface area contributed by atoms with Gasteiger partial charge >= 0.3 is 6.18 Å². The fraction of sp³-hybridized carbons (Fsp3) is 0.333. The molecule has 5 rings (SSSR count). The molecule has 2 atom stereocenters. The summed E-state index contributed by atoms with van der Waals surface area (Å²) in [5.41, 5.74) is 0.768. The first kappa shape index (κ1) is 23.8. The van der Waals surface area contributed by atoms with Gasteiger partial charge in [-0.1, -0.05) is 12.1 Å². The molecular formula is C24H21F4N5O3. The number of nitrogens with zero attached hydrogens (tertiary/aromatic N) is 2. The lowest BCUT2D eigenvalue weighted by Crippen LogP contribution is -2.52. The predicted molar refractivity (Wildman–Crippen MR) is 120 cm³/mol. The van der Waals surface area contributed by atoms with Gasteiger partial charge in [0.05, 0.1) is 16.6 Å². The van der Waals surface area contributed by atoms with Crippen LogP contribution in [0.5, 0.6) is 0 Å². The zero-order valence-corrected chi connectivity index (χ0v) is 19.0. The molecule has 0 radical (unpaired) electrons. The van der Waals surface area contributed by atoms with Crippen molar-refractivity contribution in [2.45, 2.75) is 51.2 Å². The smallest absolute Gasteiger partial charge is 0.352 e. The Morgan fingerprint density at radius 1 is 1.19 bits per heavy atom. The van der Waals surface area contributed by atoms with E-state index in [1.807, 2.05) is 0 Å². The molecule has 2 unspecified atom stereocenters. The molecule has 3 heterocycles. The largest absolute Gasteiger partial charge is 0.416 e. The number of carbonyl (C=O) groups excluding carboxylic acids is 3. The number of alkyl halides is 4. The monoisotopic (exact) mass is 503 g/mol. The summed E-state index contributed by atoms with van der Waals surface area (Å²) < 4.78 is 53.9. The van der Waals surface area contributed by atoms with E-state index in [0.29, 0.717) is 5.56 Å². The minimum absolute atomic E-state index is 0.0497. The quantitative estimate of drug-likeness (QED) is 0.361. The Kier molecular flexibility index (Phi) is 5.68. The Morgan fingerprint density at radius 2 is 1.97 bits per heavy atom. The van der Waals surface area contributed by atoms with Crippen LogP contribution in [0.4, 0.5) is 23.5 Å². The predicted octanol–water partition coefficient (Wildman–Crippen LogP) is 3.99. The number of anilines is 1. The molecule has 1 fully saturated rings. The van der Waals surface area contributed by atoms with Crippen molar-refractivity contribution in [3.63, 3.8) is 0 Å². The number of imide groups is 1. The Labute approximate surface area is 202 Å². The van der Waals surface area contributed by atoms with E-state index in [4.69, 9.17) is 0 Å². The maximum absolute atomic E-state index is 13.8. The topological polar surface area (TPSA) is 107 Å². The van der Waals surface area contributed by atoms with Gasteiger partial charge in [0, 0.05) is 30.6 Å². The summed E-state index contributed by atoms with van der Waals surface area (Å²) in [5.74, 6) is -0.916. The lowest BCUT2D eigenvalue weighted by Gasteiger charge is -2.29. The van der Waals surface area contributed by atoms with E-state index in [2.05, 4.69) is 20.6 Å². The van der Waals surface area contributed by atoms with Crippen molar-refractivity contribution in [2.75, 3.05) is 5.32 Å². The SMILES string of the molecule is CC(F)c1cc2[nH]c(NCc3ccc4c(c3)CN(C3CCC(=O)NC3=O)C4=O)nc2cc1C(F)(F)F. The number of aromatic nitrogens is 2. The molecule has 8 nitrogen and oxygen atoms in total. The van der Waals surface area contributed by atoms with Crippen molar-refractivity contribution in [1.82, 2.24) is 20.2 Å². The van der Waals surface area contributed by atoms with Gasteiger partial charge in [0.25, 0.3) is 5.91 Å². The van der Waals surface area contributed by atoms with Crippen LogP contribution in [-0.2, 0) is 28.9 Å². The molecule has 2 aliphatic heterocycles. The van der Waals surface area contributed by atoms with Gasteiger partial charge < -0.3 is 15.2 Å². The summed E-state index contributed by atoms with van der Waals surface area (Å²) >= 11 is 0. The summed E-state index contributed by atoms with van der Waals surface area (Å²) in [6.45, 7) is 1.52. The number of H-pyrrole nitrogens is 1. The number of hydrogen-bond donors (Lipinski definition) is 3. The number of nitrogens with one attached hydrogen (secondary N) is 3. The minimum atomic E-state index is -4.71. The van der Waals surface area contributed by atoms with Crippen LogP contribution in [0.25, 0.3) is 11.0 Å². The molecule has 1 aromatic heterocycles. The number of piperidine rings is 1. The highest BCUT2D eigenvalue weighted by Gasteiger charge is 2.39. The van der Waals surface area contributed by atoms with Crippen molar-refractivity contribution in [3.8, 4) is 0 Å². The minimum Gasteiger partial charge on any atom is -0.352 e. The summed E-state index contributed by atoms with van der Waals surface area (Å²) in [7, 11) is 0. The molecule has 3 amide bonds. The second-order valence-electron chi connectivity index (χ2n) is 8.90. The number of benzene rings is 2. The van der Waals surface area contributed by atoms with Gasteiger partial charge in [-0.15, -0.1) is 0 Å². The highest BCUT2D eigenvalue weighted by atomic mass is 19.4. The highest BCUT2D eigenvalue weighted by molar-refractivity contribution is 6.05. The number of rotatable bonds is 5. The van der Waals surface area contributed by atoms with Gasteiger partial charge in [0.15, 0.2) is 0 Å². The maximum Gasteiger partial charge on any atom is 0.416 e. The molecule has 3 N–H and O–H groups in total. The van der Waals surface area contributed by atoms with Crippen molar-refractivity contribution in [3.05, 3.63) is 58.1 Å². The second-order valence-corrected chi connectivity index (χ2v) is 8.90. The molecule has 0 bridgehead atoms. The first-order chi connectivity index (χ1) is 17.0. The Morgan fingerprint density at radius 3 is 2.67 bits per heavy atom.